The van der Waals surface area contributed by atoms with Gasteiger partial charge in [0.15, 0.2) is 0 Å². The summed E-state index contributed by atoms with van der Waals surface area (Å²) in [4.78, 5) is 5.47. The molecule has 0 aliphatic carbocycles. The van der Waals surface area contributed by atoms with Gasteiger partial charge in [-0.3, -0.25) is 0 Å². The molecule has 2 unspecified atom stereocenters. The normalized spacial score (nSPS) is 30.3. The van der Waals surface area contributed by atoms with Crippen molar-refractivity contribution in [2.24, 2.45) is 0 Å². The largest absolute Gasteiger partial charge is 0.300 e. The Morgan fingerprint density at radius 1 is 0.778 bits per heavy atom. The van der Waals surface area contributed by atoms with Crippen LogP contribution in [0.1, 0.15) is 65.2 Å². The molecule has 2 atom stereocenters. The van der Waals surface area contributed by atoms with Crippen LogP contribution in [0.5, 0.6) is 0 Å². The second-order valence-corrected chi connectivity index (χ2v) is 6.19. The fraction of sp³-hybridized carbons (Fsp3) is 1.00. The molecule has 0 N–H and O–H groups in total. The van der Waals surface area contributed by atoms with Crippen LogP contribution in [0.2, 0.25) is 0 Å². The molecule has 2 nitrogen and oxygen atoms in total. The van der Waals surface area contributed by atoms with Crippen LogP contribution in [0, 0.1) is 0 Å². The quantitative estimate of drug-likeness (QED) is 0.640. The SMILES string of the molecule is CCC1CCCN1CCCCN1CCCC1CC. The van der Waals surface area contributed by atoms with Gasteiger partial charge >= 0.3 is 0 Å². The third-order valence-corrected chi connectivity index (χ3v) is 5.08. The predicted octanol–water partition coefficient (Wildman–Crippen LogP) is 3.52. The van der Waals surface area contributed by atoms with Crippen LogP contribution < -0.4 is 0 Å². The van der Waals surface area contributed by atoms with Crippen LogP contribution in [0.3, 0.4) is 0 Å². The summed E-state index contributed by atoms with van der Waals surface area (Å²) in [6.07, 6.45) is 11.3. The van der Waals surface area contributed by atoms with Crippen molar-refractivity contribution in [3.8, 4) is 0 Å². The lowest BCUT2D eigenvalue weighted by atomic mass is 10.1. The summed E-state index contributed by atoms with van der Waals surface area (Å²) in [6, 6.07) is 1.81. The Kier molecular flexibility index (Phi) is 5.97. The van der Waals surface area contributed by atoms with E-state index >= 15 is 0 Å². The third kappa shape index (κ3) is 3.71. The van der Waals surface area contributed by atoms with Crippen molar-refractivity contribution in [1.29, 1.82) is 0 Å². The molecule has 0 bridgehead atoms. The van der Waals surface area contributed by atoms with E-state index in [4.69, 9.17) is 0 Å². The first-order valence-electron chi connectivity index (χ1n) is 8.33. The molecular weight excluding hydrogens is 220 g/mol. The van der Waals surface area contributed by atoms with Crippen molar-refractivity contribution >= 4 is 0 Å². The zero-order chi connectivity index (χ0) is 12.8. The zero-order valence-corrected chi connectivity index (χ0v) is 12.5. The molecule has 2 heterocycles. The molecule has 2 aliphatic rings. The summed E-state index contributed by atoms with van der Waals surface area (Å²) in [7, 11) is 0. The summed E-state index contributed by atoms with van der Waals surface area (Å²) in [5.74, 6) is 0. The highest BCUT2D eigenvalue weighted by Gasteiger charge is 2.23. The van der Waals surface area contributed by atoms with Crippen LogP contribution in [0.25, 0.3) is 0 Å². The predicted molar refractivity (Wildman–Crippen MR) is 79.0 cm³/mol. The van der Waals surface area contributed by atoms with Crippen LogP contribution in [-0.4, -0.2) is 48.1 Å². The Bertz CT molecular complexity index is 205. The number of hydrogen-bond donors (Lipinski definition) is 0. The lowest BCUT2D eigenvalue weighted by Crippen LogP contribution is -2.32. The number of unbranched alkanes of at least 4 members (excludes halogenated alkanes) is 1. The van der Waals surface area contributed by atoms with E-state index in [0.29, 0.717) is 0 Å². The minimum absolute atomic E-state index is 0.903. The van der Waals surface area contributed by atoms with Crippen molar-refractivity contribution < 1.29 is 0 Å². The summed E-state index contributed by atoms with van der Waals surface area (Å²) in [6.45, 7) is 10.1. The Morgan fingerprint density at radius 3 is 1.61 bits per heavy atom. The molecule has 18 heavy (non-hydrogen) atoms. The van der Waals surface area contributed by atoms with E-state index in [1.54, 1.807) is 0 Å². The minimum Gasteiger partial charge on any atom is -0.300 e. The van der Waals surface area contributed by atoms with Crippen molar-refractivity contribution in [2.75, 3.05) is 26.2 Å². The summed E-state index contributed by atoms with van der Waals surface area (Å²) in [5.41, 5.74) is 0. The van der Waals surface area contributed by atoms with E-state index in [9.17, 15) is 0 Å². The Labute approximate surface area is 114 Å². The Hall–Kier alpha value is -0.0800. The first-order chi connectivity index (χ1) is 8.85. The fourth-order valence-electron chi connectivity index (χ4n) is 3.93. The highest BCUT2D eigenvalue weighted by atomic mass is 15.2. The smallest absolute Gasteiger partial charge is 0.00931 e. The molecule has 0 aromatic heterocycles. The molecule has 0 aromatic carbocycles. The van der Waals surface area contributed by atoms with Crippen molar-refractivity contribution in [2.45, 2.75) is 77.3 Å². The molecular formula is C16H32N2. The van der Waals surface area contributed by atoms with Gasteiger partial charge in [-0.15, -0.1) is 0 Å². The van der Waals surface area contributed by atoms with Gasteiger partial charge in [0.1, 0.15) is 0 Å². The minimum atomic E-state index is 0.903. The number of rotatable bonds is 7. The van der Waals surface area contributed by atoms with Crippen molar-refractivity contribution in [3.05, 3.63) is 0 Å². The maximum absolute atomic E-state index is 2.74. The van der Waals surface area contributed by atoms with Gasteiger partial charge in [0.25, 0.3) is 0 Å². The van der Waals surface area contributed by atoms with Gasteiger partial charge in [0, 0.05) is 12.1 Å². The van der Waals surface area contributed by atoms with Crippen molar-refractivity contribution in [3.63, 3.8) is 0 Å². The van der Waals surface area contributed by atoms with E-state index in [-0.39, 0.29) is 0 Å². The molecule has 0 saturated carbocycles. The zero-order valence-electron chi connectivity index (χ0n) is 12.5. The Morgan fingerprint density at radius 2 is 1.22 bits per heavy atom. The topological polar surface area (TPSA) is 6.48 Å². The van der Waals surface area contributed by atoms with E-state index in [0.717, 1.165) is 12.1 Å². The monoisotopic (exact) mass is 252 g/mol. The third-order valence-electron chi connectivity index (χ3n) is 5.08. The van der Waals surface area contributed by atoms with Gasteiger partial charge in [-0.05, 0) is 77.5 Å². The molecule has 0 spiro atoms. The fourth-order valence-corrected chi connectivity index (χ4v) is 3.93. The second kappa shape index (κ2) is 7.49. The van der Waals surface area contributed by atoms with Crippen LogP contribution in [0.15, 0.2) is 0 Å². The van der Waals surface area contributed by atoms with Gasteiger partial charge in [0.2, 0.25) is 0 Å². The molecule has 2 rings (SSSR count). The average Bonchev–Trinajstić information content (AvgIpc) is 3.02. The maximum atomic E-state index is 2.74. The summed E-state index contributed by atoms with van der Waals surface area (Å²) in [5, 5.41) is 0. The van der Waals surface area contributed by atoms with Crippen LogP contribution in [0.4, 0.5) is 0 Å². The summed E-state index contributed by atoms with van der Waals surface area (Å²) >= 11 is 0. The van der Waals surface area contributed by atoms with Gasteiger partial charge in [-0.2, -0.15) is 0 Å². The van der Waals surface area contributed by atoms with E-state index < -0.39 is 0 Å². The number of likely N-dealkylation sites (tertiary alicyclic amines) is 2. The molecule has 0 aromatic rings. The molecule has 0 amide bonds. The summed E-state index contributed by atoms with van der Waals surface area (Å²) < 4.78 is 0. The van der Waals surface area contributed by atoms with Gasteiger partial charge in [0.05, 0.1) is 0 Å². The van der Waals surface area contributed by atoms with E-state index in [2.05, 4.69) is 23.6 Å². The highest BCUT2D eigenvalue weighted by Crippen LogP contribution is 2.22. The molecule has 2 fully saturated rings. The molecule has 2 aliphatic heterocycles. The lowest BCUT2D eigenvalue weighted by molar-refractivity contribution is 0.218. The van der Waals surface area contributed by atoms with Gasteiger partial charge in [-0.1, -0.05) is 13.8 Å². The van der Waals surface area contributed by atoms with E-state index in [1.807, 2.05) is 0 Å². The van der Waals surface area contributed by atoms with Gasteiger partial charge in [-0.25, -0.2) is 0 Å². The van der Waals surface area contributed by atoms with Crippen LogP contribution >= 0.6 is 0 Å². The first kappa shape index (κ1) is 14.3. The Balaban J connectivity index is 1.58. The molecule has 2 heteroatoms. The molecule has 0 radical (unpaired) electrons. The van der Waals surface area contributed by atoms with Crippen LogP contribution in [-0.2, 0) is 0 Å². The van der Waals surface area contributed by atoms with E-state index in [1.165, 1.54) is 77.5 Å². The second-order valence-electron chi connectivity index (χ2n) is 6.19. The average molecular weight is 252 g/mol. The standard InChI is InChI=1S/C16H32N2/c1-3-15-9-7-13-17(15)11-5-6-12-18-14-8-10-16(18)4-2/h15-16H,3-14H2,1-2H3. The maximum Gasteiger partial charge on any atom is 0.00931 e. The molecule has 2 saturated heterocycles. The first-order valence-corrected chi connectivity index (χ1v) is 8.33. The number of nitrogens with zero attached hydrogens (tertiary/aromatic N) is 2. The highest BCUT2D eigenvalue weighted by molar-refractivity contribution is 4.79. The number of hydrogen-bond acceptors (Lipinski definition) is 2. The molecule has 106 valence electrons. The van der Waals surface area contributed by atoms with Gasteiger partial charge < -0.3 is 9.80 Å². The lowest BCUT2D eigenvalue weighted by Gasteiger charge is -2.25. The van der Waals surface area contributed by atoms with Crippen molar-refractivity contribution in [1.82, 2.24) is 9.80 Å².